The third-order valence-electron chi connectivity index (χ3n) is 15.3. The van der Waals surface area contributed by atoms with E-state index in [0.29, 0.717) is 138 Å². The molecule has 3 aromatic carbocycles. The van der Waals surface area contributed by atoms with Gasteiger partial charge in [-0.25, -0.2) is 0 Å². The molecule has 0 saturated heterocycles. The van der Waals surface area contributed by atoms with E-state index in [1.54, 1.807) is 16.2 Å². The molecule has 5 heterocycles. The number of hydrogen-bond donors (Lipinski definition) is 5. The van der Waals surface area contributed by atoms with Crippen molar-refractivity contribution in [3.63, 3.8) is 0 Å². The Morgan fingerprint density at radius 3 is 1.89 bits per heavy atom. The lowest BCUT2D eigenvalue weighted by molar-refractivity contribution is -0.125. The predicted molar refractivity (Wildman–Crippen MR) is 349 cm³/mol. The molecule has 9 rings (SSSR count). The van der Waals surface area contributed by atoms with Crippen LogP contribution in [0, 0.1) is 26.7 Å². The fraction of sp³-hybridized carbons (Fsp3) is 0.500. The Balaban J connectivity index is 0.535. The van der Waals surface area contributed by atoms with E-state index in [-0.39, 0.29) is 75.6 Å². The van der Waals surface area contributed by atoms with Crippen LogP contribution in [-0.4, -0.2) is 183 Å². The van der Waals surface area contributed by atoms with Crippen molar-refractivity contribution in [1.82, 2.24) is 45.8 Å². The number of aryl methyl sites for hydroxylation is 2. The number of nitrogens with one attached hydrogen (secondary N) is 4. The smallest absolute Gasteiger partial charge is 0.347 e. The largest absolute Gasteiger partial charge is 0.379 e. The van der Waals surface area contributed by atoms with E-state index in [2.05, 4.69) is 55.9 Å². The van der Waals surface area contributed by atoms with Crippen molar-refractivity contribution >= 4 is 76.5 Å². The standard InChI is InChI=1S/C62H80ClN12O14PS2/c1-42-43(2)92-62-57(42)58(46-15-17-48(63)18-16-46)67-51(61-70-68-44(3)74(61)62)39-55(78)66-24-28-84-32-35-86-34-30-83-27-23-65-54(77)21-25-81-29-33-85-37-38-87-36-31-82-26-22-64-53(76)19-20-56(79)73-40-47-11-4-5-12-49(47)60-59(50-13-6-7-14-52(50)73)69-71-75(60)72-89-90(80,91)88-41-45-9-8-10-45/h4-7,11-18,45,51,72H,8-10,19-41H2,1-3H3,(H,64,76)(H,65,77)(H,66,78)(H,80,91). The minimum atomic E-state index is -3.64. The average Bonchev–Trinajstić information content (AvgIpc) is 1.56. The highest BCUT2D eigenvalue weighted by Gasteiger charge is 2.34. The molecular formula is C62H80ClN12O14PS2. The summed E-state index contributed by atoms with van der Waals surface area (Å²) in [5.74, 6) is 0.842. The molecule has 1 aliphatic carbocycles. The van der Waals surface area contributed by atoms with Crippen molar-refractivity contribution in [2.24, 2.45) is 10.9 Å². The normalized spacial score (nSPS) is 14.9. The Hall–Kier alpha value is -6.47. The monoisotopic (exact) mass is 1350 g/mol. The van der Waals surface area contributed by atoms with Crippen LogP contribution < -0.4 is 26.4 Å². The summed E-state index contributed by atoms with van der Waals surface area (Å²) in [6.45, 7) is 8.57. The number of amides is 4. The molecule has 1 saturated carbocycles. The fourth-order valence-corrected chi connectivity index (χ4v) is 12.4. The molecule has 2 atom stereocenters. The Kier molecular flexibility index (Phi) is 27.1. The zero-order chi connectivity index (χ0) is 64.7. The summed E-state index contributed by atoms with van der Waals surface area (Å²) in [7, 11) is 0. The summed E-state index contributed by atoms with van der Waals surface area (Å²) in [5.41, 5.74) is 10.2. The van der Waals surface area contributed by atoms with Gasteiger partial charge in [0.05, 0.1) is 123 Å². The van der Waals surface area contributed by atoms with Crippen LogP contribution in [0.15, 0.2) is 77.8 Å². The number of fused-ring (bicyclic) bond motifs is 8. The lowest BCUT2D eigenvalue weighted by Gasteiger charge is -2.28. The van der Waals surface area contributed by atoms with Crippen LogP contribution in [0.25, 0.3) is 27.5 Å². The summed E-state index contributed by atoms with van der Waals surface area (Å²) >= 11 is 13.1. The maximum Gasteiger partial charge on any atom is 0.347 e. The van der Waals surface area contributed by atoms with Gasteiger partial charge in [-0.15, -0.1) is 31.4 Å². The maximum atomic E-state index is 13.9. The summed E-state index contributed by atoms with van der Waals surface area (Å²) in [5, 5.41) is 27.8. The summed E-state index contributed by atoms with van der Waals surface area (Å²) < 4.78 is 52.2. The van der Waals surface area contributed by atoms with E-state index in [9.17, 15) is 24.1 Å². The summed E-state index contributed by atoms with van der Waals surface area (Å²) in [6.07, 6.45) is 3.41. The molecule has 0 radical (unpaired) electrons. The number of aromatic nitrogens is 6. The Morgan fingerprint density at radius 2 is 1.26 bits per heavy atom. The van der Waals surface area contributed by atoms with Crippen LogP contribution in [0.1, 0.15) is 89.8 Å². The van der Waals surface area contributed by atoms with Crippen LogP contribution in [0.4, 0.5) is 5.69 Å². The van der Waals surface area contributed by atoms with Gasteiger partial charge in [0, 0.05) is 71.1 Å². The number of nitrogens with zero attached hydrogens (tertiary/aromatic N) is 8. The van der Waals surface area contributed by atoms with Crippen molar-refractivity contribution in [2.45, 2.75) is 78.3 Å². The molecule has 26 nitrogen and oxygen atoms in total. The van der Waals surface area contributed by atoms with Gasteiger partial charge in [0.2, 0.25) is 23.6 Å². The van der Waals surface area contributed by atoms with Gasteiger partial charge in [-0.2, -0.15) is 10.2 Å². The molecule has 496 valence electrons. The minimum absolute atomic E-state index is 0.0238. The molecular weight excluding hydrogens is 1270 g/mol. The maximum absolute atomic E-state index is 13.9. The molecule has 1 fully saturated rings. The number of rotatable bonds is 39. The van der Waals surface area contributed by atoms with Gasteiger partial charge in [-0.3, -0.25) is 28.7 Å². The quantitative estimate of drug-likeness (QED) is 0.0150. The number of carbonyl (C=O) groups excluding carboxylic acids is 4. The Labute approximate surface area is 548 Å². The number of para-hydroxylation sites is 1. The van der Waals surface area contributed by atoms with Crippen molar-refractivity contribution in [2.75, 3.05) is 129 Å². The highest BCUT2D eigenvalue weighted by Crippen LogP contribution is 2.46. The van der Waals surface area contributed by atoms with Crippen LogP contribution in [0.2, 0.25) is 5.02 Å². The van der Waals surface area contributed by atoms with Gasteiger partial charge >= 0.3 is 6.72 Å². The molecule has 0 bridgehead atoms. The lowest BCUT2D eigenvalue weighted by Crippen LogP contribution is -2.34. The van der Waals surface area contributed by atoms with Crippen LogP contribution >= 0.6 is 29.7 Å². The molecule has 2 aliphatic heterocycles. The van der Waals surface area contributed by atoms with Gasteiger partial charge in [0.15, 0.2) is 5.82 Å². The van der Waals surface area contributed by atoms with Gasteiger partial charge in [0.1, 0.15) is 28.3 Å². The van der Waals surface area contributed by atoms with E-state index in [0.717, 1.165) is 63.6 Å². The fourth-order valence-electron chi connectivity index (χ4n) is 10.2. The lowest BCUT2D eigenvalue weighted by atomic mass is 9.86. The van der Waals surface area contributed by atoms with Crippen molar-refractivity contribution in [3.05, 3.63) is 117 Å². The first-order valence-corrected chi connectivity index (χ1v) is 34.6. The zero-order valence-corrected chi connectivity index (χ0v) is 55.2. The second-order valence-corrected chi connectivity index (χ2v) is 26.2. The number of thiophene rings is 1. The van der Waals surface area contributed by atoms with E-state index in [4.69, 9.17) is 70.7 Å². The number of aliphatic imine (C=N–C) groups is 1. The number of hydrogen-bond acceptors (Lipinski definition) is 21. The summed E-state index contributed by atoms with van der Waals surface area (Å²) in [6, 6.07) is 21.9. The third kappa shape index (κ3) is 20.0. The van der Waals surface area contributed by atoms with Gasteiger partial charge in [-0.05, 0) is 85.9 Å². The predicted octanol–water partition coefficient (Wildman–Crippen LogP) is 6.81. The topological polar surface area (TPSA) is 297 Å². The average molecular weight is 1350 g/mol. The number of benzene rings is 3. The highest BCUT2D eigenvalue weighted by atomic mass is 35.5. The molecule has 2 unspecified atom stereocenters. The van der Waals surface area contributed by atoms with Gasteiger partial charge in [0.25, 0.3) is 0 Å². The molecule has 3 aliphatic rings. The molecule has 92 heavy (non-hydrogen) atoms. The molecule has 5 N–H and O–H groups in total. The van der Waals surface area contributed by atoms with Crippen LogP contribution in [0.3, 0.4) is 0 Å². The van der Waals surface area contributed by atoms with Crippen molar-refractivity contribution in [1.29, 1.82) is 0 Å². The highest BCUT2D eigenvalue weighted by molar-refractivity contribution is 8.07. The van der Waals surface area contributed by atoms with Crippen molar-refractivity contribution in [3.8, 4) is 27.5 Å². The van der Waals surface area contributed by atoms with E-state index in [1.807, 2.05) is 84.3 Å². The minimum Gasteiger partial charge on any atom is -0.379 e. The Bertz CT molecular complexity index is 3500. The number of carbonyl (C=O) groups is 4. The molecule has 4 amide bonds. The zero-order valence-electron chi connectivity index (χ0n) is 51.9. The SMILES string of the molecule is Cc1sc2c(c1C)C(c1ccc(Cl)cc1)=NC(CC(=O)NCCOCCOCCOCCNC(=O)CCOCCOCCOCCOCCNC(=O)CCC(=O)N1Cc3ccccc3-c3c(nnn3NOP(O)(=S)OCC3CCC3)-c3ccccc31)c1nnc(C)n1-2. The molecule has 6 aromatic rings. The second kappa shape index (κ2) is 35.7. The van der Waals surface area contributed by atoms with Crippen LogP contribution in [-0.2, 0) is 79.8 Å². The van der Waals surface area contributed by atoms with E-state index < -0.39 is 12.8 Å². The second-order valence-electron chi connectivity index (χ2n) is 21.8. The molecule has 3 aromatic heterocycles. The van der Waals surface area contributed by atoms with Gasteiger partial charge < -0.3 is 63.4 Å². The van der Waals surface area contributed by atoms with Crippen LogP contribution in [0.5, 0.6) is 0 Å². The first-order chi connectivity index (χ1) is 44.7. The van der Waals surface area contributed by atoms with Crippen molar-refractivity contribution < 1.29 is 66.4 Å². The number of halogens is 1. The molecule has 30 heteroatoms. The number of anilines is 1. The third-order valence-corrected chi connectivity index (χ3v) is 18.1. The van der Waals surface area contributed by atoms with E-state index >= 15 is 0 Å². The Morgan fingerprint density at radius 1 is 0.685 bits per heavy atom. The number of ether oxygens (including phenoxy) is 7. The summed E-state index contributed by atoms with van der Waals surface area (Å²) in [4.78, 5) is 72.2. The first kappa shape index (κ1) is 69.9. The van der Waals surface area contributed by atoms with Gasteiger partial charge in [-0.1, -0.05) is 72.6 Å². The van der Waals surface area contributed by atoms with E-state index in [1.165, 1.54) is 9.67 Å². The molecule has 0 spiro atoms. The first-order valence-electron chi connectivity index (χ1n) is 30.8.